The van der Waals surface area contributed by atoms with E-state index in [0.717, 1.165) is 15.3 Å². The molecule has 0 radical (unpaired) electrons. The van der Waals surface area contributed by atoms with Crippen LogP contribution in [-0.4, -0.2) is 38.2 Å². The molecule has 23 heavy (non-hydrogen) atoms. The van der Waals surface area contributed by atoms with Crippen LogP contribution in [0.4, 0.5) is 0 Å². The fourth-order valence-electron chi connectivity index (χ4n) is 2.35. The number of fused-ring (bicyclic) bond motifs is 1. The predicted octanol–water partition coefficient (Wildman–Crippen LogP) is 2.05. The standard InChI is InChI=1S/C15H13BrN2O4S/c1-22-15-12(6-9-2-3-10(16)7-13(9)18-15)14(19)17-11-4-5-23(20,21)8-11/h2-7,11H,8H2,1H3,(H,17,19). The van der Waals surface area contributed by atoms with Crippen molar-refractivity contribution in [1.82, 2.24) is 10.3 Å². The average molecular weight is 397 g/mol. The van der Waals surface area contributed by atoms with E-state index in [0.29, 0.717) is 5.52 Å². The van der Waals surface area contributed by atoms with Gasteiger partial charge in [0.05, 0.1) is 24.4 Å². The van der Waals surface area contributed by atoms with Crippen molar-refractivity contribution < 1.29 is 17.9 Å². The molecule has 0 aliphatic carbocycles. The molecule has 1 aliphatic heterocycles. The largest absolute Gasteiger partial charge is 0.480 e. The molecule has 1 unspecified atom stereocenters. The van der Waals surface area contributed by atoms with Crippen LogP contribution < -0.4 is 10.1 Å². The fourth-order valence-corrected chi connectivity index (χ4v) is 3.94. The summed E-state index contributed by atoms with van der Waals surface area (Å²) in [7, 11) is -1.79. The van der Waals surface area contributed by atoms with E-state index in [9.17, 15) is 13.2 Å². The Hall–Kier alpha value is -1.93. The second-order valence-electron chi connectivity index (χ2n) is 5.12. The van der Waals surface area contributed by atoms with Crippen LogP contribution in [0.3, 0.4) is 0 Å². The number of hydrogen-bond donors (Lipinski definition) is 1. The van der Waals surface area contributed by atoms with Crippen LogP contribution in [0.5, 0.6) is 5.88 Å². The van der Waals surface area contributed by atoms with Gasteiger partial charge in [0.15, 0.2) is 9.84 Å². The first kappa shape index (κ1) is 15.9. The highest BCUT2D eigenvalue weighted by Gasteiger charge is 2.25. The summed E-state index contributed by atoms with van der Waals surface area (Å²) in [5.41, 5.74) is 0.955. The number of carbonyl (C=O) groups excluding carboxylic acids is 1. The molecule has 120 valence electrons. The van der Waals surface area contributed by atoms with Crippen molar-refractivity contribution in [2.24, 2.45) is 0 Å². The van der Waals surface area contributed by atoms with Crippen molar-refractivity contribution >= 4 is 42.6 Å². The van der Waals surface area contributed by atoms with Crippen LogP contribution in [0, 0.1) is 0 Å². The van der Waals surface area contributed by atoms with Crippen LogP contribution in [0.2, 0.25) is 0 Å². The number of sulfone groups is 1. The van der Waals surface area contributed by atoms with Crippen LogP contribution >= 0.6 is 15.9 Å². The quantitative estimate of drug-likeness (QED) is 0.857. The number of pyridine rings is 1. The van der Waals surface area contributed by atoms with Crippen molar-refractivity contribution in [1.29, 1.82) is 0 Å². The minimum Gasteiger partial charge on any atom is -0.480 e. The number of hydrogen-bond acceptors (Lipinski definition) is 5. The maximum absolute atomic E-state index is 12.4. The number of ether oxygens (including phenoxy) is 1. The third-order valence-corrected chi connectivity index (χ3v) is 5.32. The smallest absolute Gasteiger partial charge is 0.257 e. The highest BCUT2D eigenvalue weighted by atomic mass is 79.9. The lowest BCUT2D eigenvalue weighted by molar-refractivity contribution is 0.0944. The molecule has 8 heteroatoms. The molecule has 1 aromatic carbocycles. The Morgan fingerprint density at radius 2 is 2.17 bits per heavy atom. The lowest BCUT2D eigenvalue weighted by Gasteiger charge is -2.13. The van der Waals surface area contributed by atoms with Crippen molar-refractivity contribution in [3.63, 3.8) is 0 Å². The van der Waals surface area contributed by atoms with Gasteiger partial charge in [0.25, 0.3) is 5.91 Å². The van der Waals surface area contributed by atoms with Crippen molar-refractivity contribution in [3.8, 4) is 5.88 Å². The van der Waals surface area contributed by atoms with Crippen LogP contribution in [0.1, 0.15) is 10.4 Å². The monoisotopic (exact) mass is 396 g/mol. The van der Waals surface area contributed by atoms with E-state index in [1.54, 1.807) is 6.07 Å². The first-order chi connectivity index (χ1) is 10.9. The molecule has 6 nitrogen and oxygen atoms in total. The summed E-state index contributed by atoms with van der Waals surface area (Å²) < 4.78 is 28.9. The second kappa shape index (κ2) is 5.93. The molecular formula is C15H13BrN2O4S. The fraction of sp³-hybridized carbons (Fsp3) is 0.200. The van der Waals surface area contributed by atoms with E-state index in [1.807, 2.05) is 18.2 Å². The lowest BCUT2D eigenvalue weighted by atomic mass is 10.1. The van der Waals surface area contributed by atoms with Gasteiger partial charge in [0, 0.05) is 15.3 Å². The Balaban J connectivity index is 1.93. The molecule has 2 aromatic rings. The summed E-state index contributed by atoms with van der Waals surface area (Å²) in [6, 6.07) is 6.65. The highest BCUT2D eigenvalue weighted by Crippen LogP contribution is 2.25. The zero-order valence-corrected chi connectivity index (χ0v) is 14.5. The number of halogens is 1. The van der Waals surface area contributed by atoms with Gasteiger partial charge in [-0.25, -0.2) is 13.4 Å². The summed E-state index contributed by atoms with van der Waals surface area (Å²) in [5, 5.41) is 4.57. The van der Waals surface area contributed by atoms with Gasteiger partial charge < -0.3 is 10.1 Å². The Labute approximate surface area is 141 Å². The summed E-state index contributed by atoms with van der Waals surface area (Å²) in [5.74, 6) is -0.362. The molecule has 0 bridgehead atoms. The number of rotatable bonds is 3. The number of nitrogens with zero attached hydrogens (tertiary/aromatic N) is 1. The Morgan fingerprint density at radius 1 is 1.39 bits per heavy atom. The molecule has 1 aromatic heterocycles. The molecule has 0 saturated carbocycles. The highest BCUT2D eigenvalue weighted by molar-refractivity contribution is 9.10. The van der Waals surface area contributed by atoms with E-state index in [4.69, 9.17) is 4.74 Å². The minimum atomic E-state index is -3.23. The molecule has 0 saturated heterocycles. The first-order valence-corrected chi connectivity index (χ1v) is 9.25. The summed E-state index contributed by atoms with van der Waals surface area (Å²) >= 11 is 3.37. The van der Waals surface area contributed by atoms with Crippen molar-refractivity contribution in [2.75, 3.05) is 12.9 Å². The lowest BCUT2D eigenvalue weighted by Crippen LogP contribution is -2.35. The topological polar surface area (TPSA) is 85.4 Å². The van der Waals surface area contributed by atoms with Crippen molar-refractivity contribution in [3.05, 3.63) is 45.8 Å². The average Bonchev–Trinajstić information content (AvgIpc) is 2.84. The molecule has 0 spiro atoms. The summed E-state index contributed by atoms with van der Waals surface area (Å²) in [6.07, 6.45) is 1.46. The van der Waals surface area contributed by atoms with Gasteiger partial charge in [0.1, 0.15) is 5.56 Å². The van der Waals surface area contributed by atoms with E-state index < -0.39 is 21.8 Å². The van der Waals surface area contributed by atoms with Gasteiger partial charge in [-0.3, -0.25) is 4.79 Å². The molecule has 2 heterocycles. The van der Waals surface area contributed by atoms with Crippen LogP contribution in [0.15, 0.2) is 40.2 Å². The van der Waals surface area contributed by atoms with E-state index >= 15 is 0 Å². The van der Waals surface area contributed by atoms with E-state index in [1.165, 1.54) is 13.2 Å². The molecule has 1 amide bonds. The van der Waals surface area contributed by atoms with Crippen LogP contribution in [0.25, 0.3) is 10.9 Å². The number of carbonyl (C=O) groups is 1. The number of aromatic nitrogens is 1. The molecular weight excluding hydrogens is 384 g/mol. The number of benzene rings is 1. The molecule has 1 aliphatic rings. The normalized spacial score (nSPS) is 19.0. The molecule has 3 rings (SSSR count). The first-order valence-electron chi connectivity index (χ1n) is 6.74. The van der Waals surface area contributed by atoms with Crippen molar-refractivity contribution in [2.45, 2.75) is 6.04 Å². The Kier molecular flexibility index (Phi) is 4.11. The minimum absolute atomic E-state index is 0.130. The zero-order chi connectivity index (χ0) is 16.6. The van der Waals surface area contributed by atoms with E-state index in [-0.39, 0.29) is 17.2 Å². The molecule has 0 fully saturated rings. The molecule has 1 N–H and O–H groups in total. The van der Waals surface area contributed by atoms with E-state index in [2.05, 4.69) is 26.2 Å². The van der Waals surface area contributed by atoms with Gasteiger partial charge in [-0.1, -0.05) is 22.0 Å². The third kappa shape index (κ3) is 3.37. The predicted molar refractivity (Wildman–Crippen MR) is 90.2 cm³/mol. The third-order valence-electron chi connectivity index (χ3n) is 3.43. The summed E-state index contributed by atoms with van der Waals surface area (Å²) in [6.45, 7) is 0. The SMILES string of the molecule is COc1nc2cc(Br)ccc2cc1C(=O)NC1C=CS(=O)(=O)C1. The zero-order valence-electron chi connectivity index (χ0n) is 12.1. The van der Waals surface area contributed by atoms with Gasteiger partial charge in [0.2, 0.25) is 5.88 Å². The number of amides is 1. The second-order valence-corrected chi connectivity index (χ2v) is 7.97. The number of nitrogens with one attached hydrogen (secondary N) is 1. The maximum Gasteiger partial charge on any atom is 0.257 e. The van der Waals surface area contributed by atoms with Gasteiger partial charge >= 0.3 is 0 Å². The van der Waals surface area contributed by atoms with Gasteiger partial charge in [-0.15, -0.1) is 0 Å². The van der Waals surface area contributed by atoms with Crippen LogP contribution in [-0.2, 0) is 9.84 Å². The number of methoxy groups -OCH3 is 1. The molecule has 1 atom stereocenters. The maximum atomic E-state index is 12.4. The van der Waals surface area contributed by atoms with Gasteiger partial charge in [-0.2, -0.15) is 0 Å². The van der Waals surface area contributed by atoms with Gasteiger partial charge in [-0.05, 0) is 24.3 Å². The summed E-state index contributed by atoms with van der Waals surface area (Å²) in [4.78, 5) is 16.8. The Morgan fingerprint density at radius 3 is 2.83 bits per heavy atom. The Bertz CT molecular complexity index is 924.